The van der Waals surface area contributed by atoms with Gasteiger partial charge in [-0.1, -0.05) is 35.9 Å². The van der Waals surface area contributed by atoms with E-state index in [1.807, 2.05) is 12.3 Å². The van der Waals surface area contributed by atoms with Crippen LogP contribution in [0.15, 0.2) is 78.0 Å². The molecule has 0 saturated heterocycles. The van der Waals surface area contributed by atoms with E-state index in [4.69, 9.17) is 21.1 Å². The number of rotatable bonds is 15. The van der Waals surface area contributed by atoms with Gasteiger partial charge in [0.15, 0.2) is 0 Å². The summed E-state index contributed by atoms with van der Waals surface area (Å²) in [5, 5.41) is 7.92. The van der Waals surface area contributed by atoms with Crippen LogP contribution in [0.5, 0.6) is 11.5 Å². The smallest absolute Gasteiger partial charge is 0.243 e. The summed E-state index contributed by atoms with van der Waals surface area (Å²) in [6.45, 7) is 1.93. The zero-order valence-corrected chi connectivity index (χ0v) is 27.5. The second-order valence-corrected chi connectivity index (χ2v) is 14.1. The first kappa shape index (κ1) is 31.9. The van der Waals surface area contributed by atoms with Crippen molar-refractivity contribution < 1.29 is 22.7 Å². The summed E-state index contributed by atoms with van der Waals surface area (Å²) in [6.07, 6.45) is 8.70. The highest BCUT2D eigenvalue weighted by molar-refractivity contribution is 7.89. The quantitative estimate of drug-likeness (QED) is 0.165. The van der Waals surface area contributed by atoms with Gasteiger partial charge in [0.2, 0.25) is 15.9 Å². The lowest BCUT2D eigenvalue weighted by Gasteiger charge is -2.22. The first-order valence-electron chi connectivity index (χ1n) is 15.4. The van der Waals surface area contributed by atoms with Crippen LogP contribution in [0.4, 0.5) is 11.4 Å². The number of methoxy groups -OCH3 is 2. The summed E-state index contributed by atoms with van der Waals surface area (Å²) in [7, 11) is -1.04. The van der Waals surface area contributed by atoms with E-state index in [9.17, 15) is 13.2 Å². The van der Waals surface area contributed by atoms with Crippen molar-refractivity contribution in [1.29, 1.82) is 0 Å². The summed E-state index contributed by atoms with van der Waals surface area (Å²) in [5.74, 6) is 2.16. The first-order chi connectivity index (χ1) is 22.2. The molecule has 0 unspecified atom stereocenters. The van der Waals surface area contributed by atoms with E-state index in [-0.39, 0.29) is 23.8 Å². The van der Waals surface area contributed by atoms with E-state index >= 15 is 0 Å². The van der Waals surface area contributed by atoms with Crippen LogP contribution in [-0.4, -0.2) is 51.4 Å². The molecule has 4 aromatic rings. The lowest BCUT2D eigenvalue weighted by atomic mass is 10.1. The number of amides is 1. The standard InChI is InChI=1S/C34H38ClN5O5S/c1-44-29-13-11-26(32(17-29)45-2)18-37-46(42,43)33-16-27(38-34(41)15-25-5-3-4-6-30(25)35)12-14-31(33)40-22-28(19-36-40)39(20-23-7-8-23)21-24-9-10-24/h3-6,11-14,16-17,19,22-24,37H,7-10,15,18,20-21H2,1-2H3,(H,38,41). The van der Waals surface area contributed by atoms with Gasteiger partial charge in [-0.25, -0.2) is 17.8 Å². The Morgan fingerprint density at radius 2 is 1.72 bits per heavy atom. The number of nitrogens with one attached hydrogen (secondary N) is 2. The second kappa shape index (κ2) is 13.7. The molecule has 0 spiro atoms. The van der Waals surface area contributed by atoms with Crippen LogP contribution in [0.1, 0.15) is 36.8 Å². The highest BCUT2D eigenvalue weighted by Crippen LogP contribution is 2.36. The molecule has 2 aliphatic rings. The van der Waals surface area contributed by atoms with Gasteiger partial charge >= 0.3 is 0 Å². The number of anilines is 2. The van der Waals surface area contributed by atoms with Crippen molar-refractivity contribution in [2.75, 3.05) is 37.5 Å². The van der Waals surface area contributed by atoms with Crippen molar-refractivity contribution in [3.8, 4) is 17.2 Å². The molecule has 242 valence electrons. The number of ether oxygens (including phenoxy) is 2. The van der Waals surface area contributed by atoms with Crippen LogP contribution in [0.2, 0.25) is 5.02 Å². The van der Waals surface area contributed by atoms with Crippen LogP contribution in [0.3, 0.4) is 0 Å². The summed E-state index contributed by atoms with van der Waals surface area (Å²) in [6, 6.07) is 17.1. The van der Waals surface area contributed by atoms with Gasteiger partial charge in [0.1, 0.15) is 16.4 Å². The number of sulfonamides is 1. The van der Waals surface area contributed by atoms with Crippen LogP contribution in [0.25, 0.3) is 5.69 Å². The first-order valence-corrected chi connectivity index (χ1v) is 17.3. The Hall–Kier alpha value is -4.06. The molecule has 10 nitrogen and oxygen atoms in total. The van der Waals surface area contributed by atoms with Crippen LogP contribution in [0, 0.1) is 11.8 Å². The van der Waals surface area contributed by atoms with E-state index in [1.54, 1.807) is 66.5 Å². The number of halogens is 1. The van der Waals surface area contributed by atoms with Crippen LogP contribution >= 0.6 is 11.6 Å². The number of hydrogen-bond acceptors (Lipinski definition) is 7. The Morgan fingerprint density at radius 1 is 0.978 bits per heavy atom. The minimum atomic E-state index is -4.11. The Morgan fingerprint density at radius 3 is 2.39 bits per heavy atom. The molecule has 3 aromatic carbocycles. The van der Waals surface area contributed by atoms with Crippen molar-refractivity contribution in [1.82, 2.24) is 14.5 Å². The zero-order valence-electron chi connectivity index (χ0n) is 25.9. The number of hydrogen-bond donors (Lipinski definition) is 2. The maximum atomic E-state index is 14.0. The summed E-state index contributed by atoms with van der Waals surface area (Å²) < 4.78 is 43.0. The molecule has 0 bridgehead atoms. The van der Waals surface area contributed by atoms with E-state index in [1.165, 1.54) is 38.9 Å². The van der Waals surface area contributed by atoms with E-state index < -0.39 is 10.0 Å². The molecule has 1 aromatic heterocycles. The molecule has 46 heavy (non-hydrogen) atoms. The van der Waals surface area contributed by atoms with Gasteiger partial charge in [-0.2, -0.15) is 5.10 Å². The fourth-order valence-corrected chi connectivity index (χ4v) is 6.81. The summed E-state index contributed by atoms with van der Waals surface area (Å²) in [5.41, 5.74) is 2.97. The highest BCUT2D eigenvalue weighted by atomic mass is 35.5. The largest absolute Gasteiger partial charge is 0.497 e. The molecule has 1 amide bonds. The number of benzene rings is 3. The highest BCUT2D eigenvalue weighted by Gasteiger charge is 2.30. The average molecular weight is 664 g/mol. The Balaban J connectivity index is 1.30. The zero-order chi connectivity index (χ0) is 32.3. The molecule has 12 heteroatoms. The van der Waals surface area contributed by atoms with E-state index in [0.717, 1.165) is 18.8 Å². The third kappa shape index (κ3) is 7.83. The maximum absolute atomic E-state index is 14.0. The summed E-state index contributed by atoms with van der Waals surface area (Å²) >= 11 is 6.26. The van der Waals surface area contributed by atoms with E-state index in [2.05, 4.69) is 20.0 Å². The third-order valence-electron chi connectivity index (χ3n) is 8.32. The molecule has 2 fully saturated rings. The topological polar surface area (TPSA) is 115 Å². The minimum Gasteiger partial charge on any atom is -0.497 e. The predicted molar refractivity (Wildman–Crippen MR) is 179 cm³/mol. The van der Waals surface area contributed by atoms with Crippen molar-refractivity contribution in [3.05, 3.63) is 89.2 Å². The van der Waals surface area contributed by atoms with Gasteiger partial charge in [-0.3, -0.25) is 4.79 Å². The molecule has 1 heterocycles. The Kier molecular flexibility index (Phi) is 9.53. The molecule has 2 N–H and O–H groups in total. The third-order valence-corrected chi connectivity index (χ3v) is 10.1. The fraction of sp³-hybridized carbons (Fsp3) is 0.353. The average Bonchev–Trinajstić information content (AvgIpc) is 4.00. The minimum absolute atomic E-state index is 0.0268. The molecule has 6 rings (SSSR count). The second-order valence-electron chi connectivity index (χ2n) is 11.9. The molecule has 2 aliphatic carbocycles. The number of carbonyl (C=O) groups excluding carboxylic acids is 1. The van der Waals surface area contributed by atoms with Crippen molar-refractivity contribution in [3.63, 3.8) is 0 Å². The molecular weight excluding hydrogens is 626 g/mol. The van der Waals surface area contributed by atoms with Crippen molar-refractivity contribution in [2.45, 2.75) is 43.5 Å². The molecule has 0 radical (unpaired) electrons. The van der Waals surface area contributed by atoms with Crippen LogP contribution < -0.4 is 24.4 Å². The van der Waals surface area contributed by atoms with Crippen molar-refractivity contribution >= 4 is 38.9 Å². The number of nitrogens with zero attached hydrogens (tertiary/aromatic N) is 3. The lowest BCUT2D eigenvalue weighted by Crippen LogP contribution is -2.27. The SMILES string of the molecule is COc1ccc(CNS(=O)(=O)c2cc(NC(=O)Cc3ccccc3Cl)ccc2-n2cc(N(CC3CC3)CC3CC3)cn2)c(OC)c1. The molecule has 0 aliphatic heterocycles. The fourth-order valence-electron chi connectivity index (χ4n) is 5.38. The predicted octanol–water partition coefficient (Wildman–Crippen LogP) is 5.83. The van der Waals surface area contributed by atoms with Gasteiger partial charge in [0.25, 0.3) is 0 Å². The monoisotopic (exact) mass is 663 g/mol. The van der Waals surface area contributed by atoms with Gasteiger partial charge in [-0.05, 0) is 73.4 Å². The van der Waals surface area contributed by atoms with E-state index in [0.29, 0.717) is 50.9 Å². The van der Waals surface area contributed by atoms with Gasteiger partial charge in [-0.15, -0.1) is 0 Å². The van der Waals surface area contributed by atoms with Gasteiger partial charge in [0.05, 0.1) is 44.4 Å². The van der Waals surface area contributed by atoms with Crippen molar-refractivity contribution in [2.24, 2.45) is 11.8 Å². The summed E-state index contributed by atoms with van der Waals surface area (Å²) in [4.78, 5) is 15.3. The van der Waals surface area contributed by atoms with Crippen LogP contribution in [-0.2, 0) is 27.8 Å². The normalized spacial score (nSPS) is 14.6. The lowest BCUT2D eigenvalue weighted by molar-refractivity contribution is -0.115. The number of aromatic nitrogens is 2. The molecule has 2 saturated carbocycles. The van der Waals surface area contributed by atoms with Gasteiger partial charge in [0, 0.05) is 42.0 Å². The van der Waals surface area contributed by atoms with Gasteiger partial charge < -0.3 is 19.7 Å². The number of carbonyl (C=O) groups is 1. The Labute approximate surface area is 274 Å². The molecule has 0 atom stereocenters. The molecular formula is C34H38ClN5O5S. The Bertz CT molecular complexity index is 1810. The maximum Gasteiger partial charge on any atom is 0.243 e.